The minimum Gasteiger partial charge on any atom is -0.481 e. The molecule has 0 aliphatic heterocycles. The SMILES string of the molecule is Nc1nonc1C(=O)NCCCC(=O)O. The van der Waals surface area contributed by atoms with Gasteiger partial charge >= 0.3 is 5.97 Å². The van der Waals surface area contributed by atoms with E-state index >= 15 is 0 Å². The van der Waals surface area contributed by atoms with Gasteiger partial charge in [-0.1, -0.05) is 0 Å². The number of nitrogen functional groups attached to an aromatic ring is 1. The molecule has 0 aromatic carbocycles. The number of rotatable bonds is 5. The van der Waals surface area contributed by atoms with E-state index in [9.17, 15) is 9.59 Å². The number of carboxylic acid groups (broad SMARTS) is 1. The fraction of sp³-hybridized carbons (Fsp3) is 0.429. The van der Waals surface area contributed by atoms with Gasteiger partial charge in [0.25, 0.3) is 5.91 Å². The monoisotopic (exact) mass is 214 g/mol. The highest BCUT2D eigenvalue weighted by Gasteiger charge is 2.14. The number of carboxylic acids is 1. The summed E-state index contributed by atoms with van der Waals surface area (Å²) in [7, 11) is 0. The second kappa shape index (κ2) is 4.94. The van der Waals surface area contributed by atoms with Crippen LogP contribution in [0.15, 0.2) is 4.63 Å². The van der Waals surface area contributed by atoms with Crippen LogP contribution in [-0.4, -0.2) is 33.8 Å². The lowest BCUT2D eigenvalue weighted by molar-refractivity contribution is -0.137. The van der Waals surface area contributed by atoms with E-state index in [1.54, 1.807) is 0 Å². The number of amides is 1. The van der Waals surface area contributed by atoms with Crippen molar-refractivity contribution in [2.75, 3.05) is 12.3 Å². The maximum Gasteiger partial charge on any atom is 0.303 e. The Morgan fingerprint density at radius 3 is 2.73 bits per heavy atom. The first-order chi connectivity index (χ1) is 7.11. The van der Waals surface area contributed by atoms with Gasteiger partial charge in [0.2, 0.25) is 11.5 Å². The Bertz CT molecular complexity index is 362. The fourth-order valence-corrected chi connectivity index (χ4v) is 0.878. The van der Waals surface area contributed by atoms with Gasteiger partial charge in [0.05, 0.1) is 0 Å². The van der Waals surface area contributed by atoms with Gasteiger partial charge in [-0.05, 0) is 16.7 Å². The summed E-state index contributed by atoms with van der Waals surface area (Å²) in [5.74, 6) is -1.53. The lowest BCUT2D eigenvalue weighted by atomic mass is 10.3. The molecule has 82 valence electrons. The molecule has 1 heterocycles. The van der Waals surface area contributed by atoms with E-state index in [-0.39, 0.29) is 24.5 Å². The van der Waals surface area contributed by atoms with Gasteiger partial charge < -0.3 is 16.2 Å². The number of nitrogens with zero attached hydrogens (tertiary/aromatic N) is 2. The summed E-state index contributed by atoms with van der Waals surface area (Å²) in [4.78, 5) is 21.4. The van der Waals surface area contributed by atoms with Crippen molar-refractivity contribution in [1.29, 1.82) is 0 Å². The van der Waals surface area contributed by atoms with E-state index in [1.165, 1.54) is 0 Å². The Hall–Kier alpha value is -2.12. The van der Waals surface area contributed by atoms with Crippen LogP contribution in [0.1, 0.15) is 23.3 Å². The summed E-state index contributed by atoms with van der Waals surface area (Å²) in [6, 6.07) is 0. The second-order valence-corrected chi connectivity index (χ2v) is 2.75. The van der Waals surface area contributed by atoms with E-state index in [1.807, 2.05) is 0 Å². The third-order valence-electron chi connectivity index (χ3n) is 1.58. The second-order valence-electron chi connectivity index (χ2n) is 2.75. The lowest BCUT2D eigenvalue weighted by Gasteiger charge is -2.00. The van der Waals surface area contributed by atoms with Crippen molar-refractivity contribution < 1.29 is 19.3 Å². The van der Waals surface area contributed by atoms with Crippen molar-refractivity contribution in [2.24, 2.45) is 0 Å². The fourth-order valence-electron chi connectivity index (χ4n) is 0.878. The molecule has 0 aliphatic carbocycles. The summed E-state index contributed by atoms with van der Waals surface area (Å²) < 4.78 is 4.23. The first-order valence-corrected chi connectivity index (χ1v) is 4.19. The van der Waals surface area contributed by atoms with Crippen LogP contribution in [0.2, 0.25) is 0 Å². The largest absolute Gasteiger partial charge is 0.481 e. The average molecular weight is 214 g/mol. The predicted octanol–water partition coefficient (Wildman–Crippen LogP) is -0.754. The van der Waals surface area contributed by atoms with Gasteiger partial charge in [0.1, 0.15) is 0 Å². The molecule has 0 saturated carbocycles. The van der Waals surface area contributed by atoms with E-state index in [0.717, 1.165) is 0 Å². The van der Waals surface area contributed by atoms with Gasteiger partial charge in [-0.15, -0.1) is 0 Å². The first-order valence-electron chi connectivity index (χ1n) is 4.19. The van der Waals surface area contributed by atoms with Crippen LogP contribution in [0.4, 0.5) is 5.82 Å². The Labute approximate surface area is 84.4 Å². The van der Waals surface area contributed by atoms with Crippen LogP contribution >= 0.6 is 0 Å². The van der Waals surface area contributed by atoms with Gasteiger partial charge in [-0.25, -0.2) is 4.63 Å². The molecule has 0 saturated heterocycles. The normalized spacial score (nSPS) is 9.87. The number of anilines is 1. The summed E-state index contributed by atoms with van der Waals surface area (Å²) in [6.45, 7) is 0.234. The molecular formula is C7H10N4O4. The van der Waals surface area contributed by atoms with Crippen LogP contribution in [0.5, 0.6) is 0 Å². The van der Waals surface area contributed by atoms with Crippen molar-refractivity contribution in [3.8, 4) is 0 Å². The van der Waals surface area contributed by atoms with Gasteiger partial charge in [0.15, 0.2) is 0 Å². The lowest BCUT2D eigenvalue weighted by Crippen LogP contribution is -2.26. The summed E-state index contributed by atoms with van der Waals surface area (Å²) in [6.07, 6.45) is 0.332. The highest BCUT2D eigenvalue weighted by Crippen LogP contribution is 2.02. The molecule has 0 fully saturated rings. The van der Waals surface area contributed by atoms with E-state index in [0.29, 0.717) is 6.42 Å². The van der Waals surface area contributed by atoms with Crippen LogP contribution < -0.4 is 11.1 Å². The molecule has 1 amide bonds. The molecule has 0 bridgehead atoms. The maximum absolute atomic E-state index is 11.3. The molecule has 8 nitrogen and oxygen atoms in total. The molecule has 0 atom stereocenters. The number of aromatic nitrogens is 2. The summed E-state index contributed by atoms with van der Waals surface area (Å²) in [5.41, 5.74) is 5.18. The third-order valence-corrected chi connectivity index (χ3v) is 1.58. The molecule has 1 rings (SSSR count). The molecule has 0 spiro atoms. The third kappa shape index (κ3) is 3.25. The zero-order valence-electron chi connectivity index (χ0n) is 7.77. The number of nitrogens with one attached hydrogen (secondary N) is 1. The Kier molecular flexibility index (Phi) is 3.61. The zero-order chi connectivity index (χ0) is 11.3. The molecule has 15 heavy (non-hydrogen) atoms. The van der Waals surface area contributed by atoms with E-state index in [4.69, 9.17) is 10.8 Å². The van der Waals surface area contributed by atoms with Crippen molar-refractivity contribution in [3.63, 3.8) is 0 Å². The molecule has 1 aromatic rings. The number of nitrogens with two attached hydrogens (primary N) is 1. The van der Waals surface area contributed by atoms with E-state index < -0.39 is 11.9 Å². The standard InChI is InChI=1S/C7H10N4O4/c8-6-5(10-15-11-6)7(14)9-3-1-2-4(12)13/h1-3H2,(H2,8,11)(H,9,14)(H,12,13). The highest BCUT2D eigenvalue weighted by molar-refractivity contribution is 5.95. The minimum atomic E-state index is -0.910. The Morgan fingerprint density at radius 2 is 2.20 bits per heavy atom. The molecule has 1 aromatic heterocycles. The minimum absolute atomic E-state index is 0.00712. The Morgan fingerprint density at radius 1 is 1.47 bits per heavy atom. The van der Waals surface area contributed by atoms with Crippen molar-refractivity contribution in [1.82, 2.24) is 15.6 Å². The molecule has 8 heteroatoms. The van der Waals surface area contributed by atoms with Crippen LogP contribution in [-0.2, 0) is 4.79 Å². The summed E-state index contributed by atoms with van der Waals surface area (Å²) in [5, 5.41) is 17.3. The maximum atomic E-state index is 11.3. The highest BCUT2D eigenvalue weighted by atomic mass is 16.6. The number of hydrogen-bond donors (Lipinski definition) is 3. The van der Waals surface area contributed by atoms with Crippen LogP contribution in [0.25, 0.3) is 0 Å². The topological polar surface area (TPSA) is 131 Å². The predicted molar refractivity (Wildman–Crippen MR) is 47.9 cm³/mol. The zero-order valence-corrected chi connectivity index (χ0v) is 7.77. The molecule has 0 aliphatic rings. The van der Waals surface area contributed by atoms with Gasteiger partial charge in [-0.3, -0.25) is 9.59 Å². The molecule has 0 unspecified atom stereocenters. The smallest absolute Gasteiger partial charge is 0.303 e. The molecule has 4 N–H and O–H groups in total. The van der Waals surface area contributed by atoms with Crippen LogP contribution in [0, 0.1) is 0 Å². The number of carbonyl (C=O) groups excluding carboxylic acids is 1. The van der Waals surface area contributed by atoms with Crippen LogP contribution in [0.3, 0.4) is 0 Å². The Balaban J connectivity index is 2.31. The van der Waals surface area contributed by atoms with Crippen molar-refractivity contribution >= 4 is 17.7 Å². The number of aliphatic carboxylic acids is 1. The first kappa shape index (κ1) is 11.0. The number of carbonyl (C=O) groups is 2. The van der Waals surface area contributed by atoms with Crippen molar-refractivity contribution in [2.45, 2.75) is 12.8 Å². The van der Waals surface area contributed by atoms with E-state index in [2.05, 4.69) is 20.3 Å². The van der Waals surface area contributed by atoms with Gasteiger partial charge in [0, 0.05) is 13.0 Å². The quantitative estimate of drug-likeness (QED) is 0.549. The summed E-state index contributed by atoms with van der Waals surface area (Å²) >= 11 is 0. The number of hydrogen-bond acceptors (Lipinski definition) is 6. The van der Waals surface area contributed by atoms with Gasteiger partial charge in [-0.2, -0.15) is 0 Å². The average Bonchev–Trinajstić information content (AvgIpc) is 2.58. The molecule has 0 radical (unpaired) electrons. The molecular weight excluding hydrogens is 204 g/mol. The van der Waals surface area contributed by atoms with Crippen molar-refractivity contribution in [3.05, 3.63) is 5.69 Å².